The van der Waals surface area contributed by atoms with Crippen LogP contribution in [0.5, 0.6) is 5.75 Å². The number of nitrogens with one attached hydrogen (secondary N) is 1. The highest BCUT2D eigenvalue weighted by Crippen LogP contribution is 2.18. The molecule has 2 aromatic rings. The number of aryl methyl sites for hydroxylation is 3. The zero-order chi connectivity index (χ0) is 16.1. The summed E-state index contributed by atoms with van der Waals surface area (Å²) in [5.41, 5.74) is 4.71. The van der Waals surface area contributed by atoms with Crippen LogP contribution in [0.2, 0.25) is 0 Å². The molecule has 1 N–H and O–H groups in total. The summed E-state index contributed by atoms with van der Waals surface area (Å²) >= 11 is 0. The maximum Gasteiger partial charge on any atom is 0.258 e. The van der Waals surface area contributed by atoms with Crippen LogP contribution in [-0.2, 0) is 4.79 Å². The Balaban J connectivity index is 1.89. The predicted molar refractivity (Wildman–Crippen MR) is 89.1 cm³/mol. The Labute approximate surface area is 132 Å². The molecule has 0 aliphatic carbocycles. The third-order valence-corrected chi connectivity index (χ3v) is 3.66. The summed E-state index contributed by atoms with van der Waals surface area (Å²) in [6.07, 6.45) is 0. The Morgan fingerprint density at radius 3 is 2.32 bits per heavy atom. The van der Waals surface area contributed by atoms with Crippen molar-refractivity contribution in [3.8, 4) is 5.75 Å². The van der Waals surface area contributed by atoms with E-state index < -0.39 is 0 Å². The van der Waals surface area contributed by atoms with E-state index in [1.165, 1.54) is 16.7 Å². The lowest BCUT2D eigenvalue weighted by atomic mass is 10.0. The molecule has 3 heteroatoms. The van der Waals surface area contributed by atoms with Crippen LogP contribution >= 0.6 is 0 Å². The number of rotatable bonds is 5. The minimum Gasteiger partial charge on any atom is -0.484 e. The second-order valence-electron chi connectivity index (χ2n) is 5.75. The zero-order valence-electron chi connectivity index (χ0n) is 13.6. The van der Waals surface area contributed by atoms with Crippen molar-refractivity contribution < 1.29 is 9.53 Å². The van der Waals surface area contributed by atoms with Crippen LogP contribution < -0.4 is 10.1 Å². The van der Waals surface area contributed by atoms with Gasteiger partial charge < -0.3 is 10.1 Å². The minimum absolute atomic E-state index is 0.0261. The minimum atomic E-state index is -0.118. The van der Waals surface area contributed by atoms with E-state index in [0.717, 1.165) is 5.56 Å². The molecule has 3 nitrogen and oxygen atoms in total. The van der Waals surface area contributed by atoms with E-state index in [1.807, 2.05) is 38.1 Å². The van der Waals surface area contributed by atoms with Crippen LogP contribution in [0.4, 0.5) is 0 Å². The number of ether oxygens (including phenoxy) is 1. The molecule has 0 fully saturated rings. The fraction of sp³-hybridized carbons (Fsp3) is 0.316. The number of carbonyl (C=O) groups is 1. The molecule has 2 aromatic carbocycles. The van der Waals surface area contributed by atoms with Gasteiger partial charge in [-0.3, -0.25) is 4.79 Å². The van der Waals surface area contributed by atoms with Crippen LogP contribution in [-0.4, -0.2) is 12.5 Å². The molecule has 0 heterocycles. The Kier molecular flexibility index (Phi) is 5.21. The monoisotopic (exact) mass is 297 g/mol. The average Bonchev–Trinajstić information content (AvgIpc) is 2.46. The summed E-state index contributed by atoms with van der Waals surface area (Å²) in [4.78, 5) is 12.0. The molecule has 0 spiro atoms. The molecule has 2 rings (SSSR count). The van der Waals surface area contributed by atoms with Crippen LogP contribution in [0.15, 0.2) is 42.5 Å². The van der Waals surface area contributed by atoms with E-state index in [0.29, 0.717) is 5.75 Å². The van der Waals surface area contributed by atoms with Crippen molar-refractivity contribution >= 4 is 5.91 Å². The largest absolute Gasteiger partial charge is 0.484 e. The summed E-state index contributed by atoms with van der Waals surface area (Å²) < 4.78 is 5.50. The highest BCUT2D eigenvalue weighted by Gasteiger charge is 2.12. The van der Waals surface area contributed by atoms with E-state index >= 15 is 0 Å². The first-order valence-electron chi connectivity index (χ1n) is 7.51. The molecule has 0 aromatic heterocycles. The van der Waals surface area contributed by atoms with Gasteiger partial charge in [0.2, 0.25) is 0 Å². The Hall–Kier alpha value is -2.29. The van der Waals surface area contributed by atoms with Gasteiger partial charge in [0, 0.05) is 0 Å². The van der Waals surface area contributed by atoms with Crippen molar-refractivity contribution in [1.82, 2.24) is 5.32 Å². The zero-order valence-corrected chi connectivity index (χ0v) is 13.6. The van der Waals surface area contributed by atoms with Gasteiger partial charge in [-0.05, 0) is 51.0 Å². The molecule has 0 aliphatic heterocycles. The summed E-state index contributed by atoms with van der Waals surface area (Å²) in [7, 11) is 0. The van der Waals surface area contributed by atoms with Gasteiger partial charge in [-0.15, -0.1) is 0 Å². The average molecular weight is 297 g/mol. The fourth-order valence-corrected chi connectivity index (χ4v) is 2.46. The molecular weight excluding hydrogens is 274 g/mol. The van der Waals surface area contributed by atoms with Crippen molar-refractivity contribution in [3.63, 3.8) is 0 Å². The van der Waals surface area contributed by atoms with Gasteiger partial charge in [-0.1, -0.05) is 41.5 Å². The first kappa shape index (κ1) is 16.1. The third kappa shape index (κ3) is 4.35. The topological polar surface area (TPSA) is 38.3 Å². The van der Waals surface area contributed by atoms with Gasteiger partial charge in [-0.2, -0.15) is 0 Å². The van der Waals surface area contributed by atoms with Gasteiger partial charge in [-0.25, -0.2) is 0 Å². The van der Waals surface area contributed by atoms with Gasteiger partial charge in [0.1, 0.15) is 5.75 Å². The van der Waals surface area contributed by atoms with Crippen molar-refractivity contribution in [2.45, 2.75) is 33.7 Å². The molecule has 0 saturated heterocycles. The second-order valence-corrected chi connectivity index (χ2v) is 5.75. The van der Waals surface area contributed by atoms with Gasteiger partial charge in [0.15, 0.2) is 6.61 Å². The van der Waals surface area contributed by atoms with Gasteiger partial charge >= 0.3 is 0 Å². The van der Waals surface area contributed by atoms with E-state index in [-0.39, 0.29) is 18.6 Å². The molecule has 0 radical (unpaired) electrons. The summed E-state index contributed by atoms with van der Waals surface area (Å²) in [5.74, 6) is 0.591. The van der Waals surface area contributed by atoms with Crippen molar-refractivity contribution in [2.75, 3.05) is 6.61 Å². The van der Waals surface area contributed by atoms with Crippen LogP contribution in [0.3, 0.4) is 0 Å². The Bertz CT molecular complexity index is 647. The van der Waals surface area contributed by atoms with E-state index in [9.17, 15) is 4.79 Å². The van der Waals surface area contributed by atoms with Gasteiger partial charge in [0.25, 0.3) is 5.91 Å². The maximum atomic E-state index is 12.0. The standard InChI is InChI=1S/C19H23NO2/c1-13-5-8-17(9-6-13)22-12-19(21)20-16(4)18-10-7-14(2)11-15(18)3/h5-11,16H,12H2,1-4H3,(H,20,21). The first-order chi connectivity index (χ1) is 10.5. The first-order valence-corrected chi connectivity index (χ1v) is 7.51. The molecule has 116 valence electrons. The molecule has 1 amide bonds. The van der Waals surface area contributed by atoms with Crippen molar-refractivity contribution in [3.05, 3.63) is 64.7 Å². The van der Waals surface area contributed by atoms with Crippen molar-refractivity contribution in [1.29, 1.82) is 0 Å². The van der Waals surface area contributed by atoms with Crippen LogP contribution in [0.25, 0.3) is 0 Å². The summed E-state index contributed by atoms with van der Waals surface area (Å²) in [5, 5.41) is 2.97. The Morgan fingerprint density at radius 1 is 1.05 bits per heavy atom. The summed E-state index contributed by atoms with van der Waals surface area (Å²) in [6, 6.07) is 13.9. The number of amides is 1. The summed E-state index contributed by atoms with van der Waals surface area (Å²) in [6.45, 7) is 8.16. The normalized spacial score (nSPS) is 11.8. The van der Waals surface area contributed by atoms with E-state index in [2.05, 4.69) is 37.4 Å². The van der Waals surface area contributed by atoms with E-state index in [4.69, 9.17) is 4.74 Å². The quantitative estimate of drug-likeness (QED) is 0.910. The molecular formula is C19H23NO2. The van der Waals surface area contributed by atoms with Crippen LogP contribution in [0.1, 0.15) is 35.2 Å². The van der Waals surface area contributed by atoms with Gasteiger partial charge in [0.05, 0.1) is 6.04 Å². The number of hydrogen-bond donors (Lipinski definition) is 1. The lowest BCUT2D eigenvalue weighted by molar-refractivity contribution is -0.123. The molecule has 0 aliphatic rings. The third-order valence-electron chi connectivity index (χ3n) is 3.66. The number of benzene rings is 2. The smallest absolute Gasteiger partial charge is 0.258 e. The molecule has 1 atom stereocenters. The highest BCUT2D eigenvalue weighted by molar-refractivity contribution is 5.78. The number of hydrogen-bond acceptors (Lipinski definition) is 2. The van der Waals surface area contributed by atoms with E-state index in [1.54, 1.807) is 0 Å². The Morgan fingerprint density at radius 2 is 1.68 bits per heavy atom. The molecule has 1 unspecified atom stereocenters. The SMILES string of the molecule is Cc1ccc(OCC(=O)NC(C)c2ccc(C)cc2C)cc1. The second kappa shape index (κ2) is 7.12. The lowest BCUT2D eigenvalue weighted by Gasteiger charge is -2.17. The molecule has 0 saturated carbocycles. The molecule has 0 bridgehead atoms. The van der Waals surface area contributed by atoms with Crippen LogP contribution in [0, 0.1) is 20.8 Å². The maximum absolute atomic E-state index is 12.0. The lowest BCUT2D eigenvalue weighted by Crippen LogP contribution is -2.31. The molecule has 22 heavy (non-hydrogen) atoms. The highest BCUT2D eigenvalue weighted by atomic mass is 16.5. The number of carbonyl (C=O) groups excluding carboxylic acids is 1. The fourth-order valence-electron chi connectivity index (χ4n) is 2.46. The predicted octanol–water partition coefficient (Wildman–Crippen LogP) is 3.87. The van der Waals surface area contributed by atoms with Crippen molar-refractivity contribution in [2.24, 2.45) is 0 Å².